The molecule has 1 aromatic heterocycles. The van der Waals surface area contributed by atoms with Crippen molar-refractivity contribution in [2.75, 3.05) is 6.79 Å². The standard InChI is InChI=1S/C24H17NO8/c26-21(15-7-8-16-18(10-15)33-12-32-16)19-20(17-2-1-9-31-17)25(23(28)22(19)27)11-13-3-5-14(6-4-13)24(29)30/h1-10,20,26H,11-12H2,(H,29,30)/b21-19-. The monoisotopic (exact) mass is 447 g/mol. The minimum Gasteiger partial charge on any atom is -0.507 e. The lowest BCUT2D eigenvalue weighted by Gasteiger charge is -2.23. The lowest BCUT2D eigenvalue weighted by Crippen LogP contribution is -2.29. The first kappa shape index (κ1) is 20.4. The Morgan fingerprint density at radius 3 is 2.39 bits per heavy atom. The lowest BCUT2D eigenvalue weighted by molar-refractivity contribution is -0.140. The van der Waals surface area contributed by atoms with Crippen LogP contribution in [0, 0.1) is 0 Å². The Balaban J connectivity index is 1.56. The van der Waals surface area contributed by atoms with E-state index in [1.54, 1.807) is 36.4 Å². The highest BCUT2D eigenvalue weighted by Crippen LogP contribution is 2.42. The number of aromatic carboxylic acids is 1. The second kappa shape index (κ2) is 7.86. The number of benzene rings is 2. The molecule has 3 aromatic rings. The molecular weight excluding hydrogens is 430 g/mol. The van der Waals surface area contributed by atoms with Gasteiger partial charge < -0.3 is 29.0 Å². The second-order valence-electron chi connectivity index (χ2n) is 7.51. The van der Waals surface area contributed by atoms with Crippen molar-refractivity contribution in [2.45, 2.75) is 12.6 Å². The molecule has 3 heterocycles. The van der Waals surface area contributed by atoms with Gasteiger partial charge in [0.05, 0.1) is 17.4 Å². The number of nitrogens with zero attached hydrogens (tertiary/aromatic N) is 1. The van der Waals surface area contributed by atoms with Crippen molar-refractivity contribution < 1.29 is 38.5 Å². The van der Waals surface area contributed by atoms with Crippen LogP contribution in [-0.4, -0.2) is 39.6 Å². The number of ketones is 1. The van der Waals surface area contributed by atoms with E-state index in [0.29, 0.717) is 28.4 Å². The molecule has 2 aromatic carbocycles. The molecule has 2 N–H and O–H groups in total. The van der Waals surface area contributed by atoms with Crippen LogP contribution < -0.4 is 9.47 Å². The fraction of sp³-hybridized carbons (Fsp3) is 0.125. The predicted octanol–water partition coefficient (Wildman–Crippen LogP) is 3.33. The first-order valence-corrected chi connectivity index (χ1v) is 9.98. The summed E-state index contributed by atoms with van der Waals surface area (Å²) in [4.78, 5) is 38.4. The summed E-state index contributed by atoms with van der Waals surface area (Å²) in [6.45, 7) is 0.0603. The van der Waals surface area contributed by atoms with Gasteiger partial charge in [-0.3, -0.25) is 9.59 Å². The number of likely N-dealkylation sites (tertiary alicyclic amines) is 1. The van der Waals surface area contributed by atoms with E-state index in [1.165, 1.54) is 29.4 Å². The number of Topliss-reactive ketones (excluding diaryl/α,β-unsaturated/α-hetero) is 1. The number of hydrogen-bond acceptors (Lipinski definition) is 7. The maximum absolute atomic E-state index is 13.0. The number of aliphatic hydroxyl groups excluding tert-OH is 1. The fourth-order valence-electron chi connectivity index (χ4n) is 3.93. The SMILES string of the molecule is O=C1C(=O)N(Cc2ccc(C(=O)O)cc2)C(c2ccco2)/C1=C(/O)c1ccc2c(c1)OCO2. The van der Waals surface area contributed by atoms with Gasteiger partial charge in [-0.1, -0.05) is 12.1 Å². The molecular formula is C24H17NO8. The van der Waals surface area contributed by atoms with Crippen molar-refractivity contribution in [3.8, 4) is 11.5 Å². The van der Waals surface area contributed by atoms with E-state index in [9.17, 15) is 19.5 Å². The number of furan rings is 1. The van der Waals surface area contributed by atoms with Crippen LogP contribution in [0.15, 0.2) is 70.9 Å². The van der Waals surface area contributed by atoms with Gasteiger partial charge in [0.1, 0.15) is 17.6 Å². The summed E-state index contributed by atoms with van der Waals surface area (Å²) >= 11 is 0. The number of carbonyl (C=O) groups excluding carboxylic acids is 2. The number of fused-ring (bicyclic) bond motifs is 1. The van der Waals surface area contributed by atoms with Gasteiger partial charge in [0.15, 0.2) is 11.5 Å². The number of carbonyl (C=O) groups is 3. The maximum Gasteiger partial charge on any atom is 0.335 e. The summed E-state index contributed by atoms with van der Waals surface area (Å²) in [6, 6.07) is 13.0. The Morgan fingerprint density at radius 1 is 0.970 bits per heavy atom. The zero-order chi connectivity index (χ0) is 23.1. The van der Waals surface area contributed by atoms with Crippen molar-refractivity contribution >= 4 is 23.4 Å². The van der Waals surface area contributed by atoms with Gasteiger partial charge in [-0.05, 0) is 48.0 Å². The summed E-state index contributed by atoms with van der Waals surface area (Å²) in [5, 5.41) is 20.2. The number of hydrogen-bond donors (Lipinski definition) is 2. The highest BCUT2D eigenvalue weighted by atomic mass is 16.7. The molecule has 1 atom stereocenters. The van der Waals surface area contributed by atoms with Crippen molar-refractivity contribution in [1.29, 1.82) is 0 Å². The summed E-state index contributed by atoms with van der Waals surface area (Å²) in [5.74, 6) is -1.85. The molecule has 5 rings (SSSR count). The van der Waals surface area contributed by atoms with E-state index >= 15 is 0 Å². The van der Waals surface area contributed by atoms with Crippen LogP contribution in [0.5, 0.6) is 11.5 Å². The second-order valence-corrected chi connectivity index (χ2v) is 7.51. The first-order valence-electron chi connectivity index (χ1n) is 9.98. The number of rotatable bonds is 5. The molecule has 9 nitrogen and oxygen atoms in total. The van der Waals surface area contributed by atoms with Gasteiger partial charge in [0, 0.05) is 12.1 Å². The normalized spacial score (nSPS) is 18.7. The molecule has 0 bridgehead atoms. The Bertz CT molecular complexity index is 1290. The minimum atomic E-state index is -1.07. The van der Waals surface area contributed by atoms with Gasteiger partial charge in [0.2, 0.25) is 6.79 Å². The van der Waals surface area contributed by atoms with Gasteiger partial charge in [-0.15, -0.1) is 0 Å². The molecule has 2 aliphatic rings. The van der Waals surface area contributed by atoms with Gasteiger partial charge in [-0.25, -0.2) is 4.79 Å². The number of amides is 1. The van der Waals surface area contributed by atoms with Crippen molar-refractivity contribution in [1.82, 2.24) is 4.90 Å². The van der Waals surface area contributed by atoms with E-state index in [0.717, 1.165) is 0 Å². The van der Waals surface area contributed by atoms with Crippen LogP contribution >= 0.6 is 0 Å². The van der Waals surface area contributed by atoms with E-state index in [4.69, 9.17) is 19.0 Å². The maximum atomic E-state index is 13.0. The molecule has 33 heavy (non-hydrogen) atoms. The van der Waals surface area contributed by atoms with Crippen LogP contribution in [0.3, 0.4) is 0 Å². The Labute approximate surface area is 187 Å². The molecule has 1 unspecified atom stereocenters. The van der Waals surface area contributed by atoms with Crippen LogP contribution in [0.4, 0.5) is 0 Å². The third kappa shape index (κ3) is 3.49. The third-order valence-corrected chi connectivity index (χ3v) is 5.55. The summed E-state index contributed by atoms with van der Waals surface area (Å²) in [6.07, 6.45) is 1.41. The van der Waals surface area contributed by atoms with Gasteiger partial charge in [0.25, 0.3) is 11.7 Å². The zero-order valence-electron chi connectivity index (χ0n) is 17.1. The molecule has 1 saturated heterocycles. The van der Waals surface area contributed by atoms with Crippen molar-refractivity contribution in [3.05, 3.63) is 88.9 Å². The number of ether oxygens (including phenoxy) is 2. The van der Waals surface area contributed by atoms with E-state index in [1.807, 2.05) is 0 Å². The number of aliphatic hydroxyl groups is 1. The average molecular weight is 447 g/mol. The van der Waals surface area contributed by atoms with E-state index in [2.05, 4.69) is 0 Å². The molecule has 166 valence electrons. The smallest absolute Gasteiger partial charge is 0.335 e. The Morgan fingerprint density at radius 2 is 1.70 bits per heavy atom. The molecule has 0 saturated carbocycles. The quantitative estimate of drug-likeness (QED) is 0.347. The highest BCUT2D eigenvalue weighted by Gasteiger charge is 2.47. The molecule has 1 amide bonds. The number of carboxylic acid groups (broad SMARTS) is 1. The predicted molar refractivity (Wildman–Crippen MR) is 113 cm³/mol. The molecule has 1 fully saturated rings. The average Bonchev–Trinajstić information content (AvgIpc) is 3.55. The molecule has 9 heteroatoms. The fourth-order valence-corrected chi connectivity index (χ4v) is 3.93. The summed E-state index contributed by atoms with van der Waals surface area (Å²) in [7, 11) is 0. The van der Waals surface area contributed by atoms with Crippen LogP contribution in [0.2, 0.25) is 0 Å². The Hall–Kier alpha value is -4.53. The summed E-state index contributed by atoms with van der Waals surface area (Å²) in [5.41, 5.74) is 0.892. The van der Waals surface area contributed by atoms with Crippen LogP contribution in [0.25, 0.3) is 5.76 Å². The van der Waals surface area contributed by atoms with E-state index in [-0.39, 0.29) is 30.2 Å². The molecule has 0 radical (unpaired) electrons. The van der Waals surface area contributed by atoms with Gasteiger partial charge >= 0.3 is 5.97 Å². The van der Waals surface area contributed by atoms with Gasteiger partial charge in [-0.2, -0.15) is 0 Å². The zero-order valence-corrected chi connectivity index (χ0v) is 17.1. The Kier molecular flexibility index (Phi) is 4.86. The summed E-state index contributed by atoms with van der Waals surface area (Å²) < 4.78 is 16.1. The minimum absolute atomic E-state index is 0.00770. The third-order valence-electron chi connectivity index (χ3n) is 5.55. The van der Waals surface area contributed by atoms with Crippen LogP contribution in [-0.2, 0) is 16.1 Å². The van der Waals surface area contributed by atoms with Crippen LogP contribution in [0.1, 0.15) is 33.3 Å². The highest BCUT2D eigenvalue weighted by molar-refractivity contribution is 6.46. The van der Waals surface area contributed by atoms with Crippen molar-refractivity contribution in [3.63, 3.8) is 0 Å². The number of carboxylic acids is 1. The topological polar surface area (TPSA) is 127 Å². The first-order chi connectivity index (χ1) is 15.9. The molecule has 2 aliphatic heterocycles. The largest absolute Gasteiger partial charge is 0.507 e. The van der Waals surface area contributed by atoms with Crippen molar-refractivity contribution in [2.24, 2.45) is 0 Å². The molecule has 0 aliphatic carbocycles. The lowest BCUT2D eigenvalue weighted by atomic mass is 9.99. The van der Waals surface area contributed by atoms with E-state index < -0.39 is 23.7 Å². The molecule has 0 spiro atoms.